The maximum atomic E-state index is 13.4. The molecule has 0 radical (unpaired) electrons. The lowest BCUT2D eigenvalue weighted by Crippen LogP contribution is -2.09. The number of nitrogens with two attached hydrogens (primary N) is 1. The zero-order chi connectivity index (χ0) is 14.0. The molecule has 2 aromatic rings. The molecule has 0 saturated carbocycles. The second-order valence-electron chi connectivity index (χ2n) is 3.69. The van der Waals surface area contributed by atoms with Crippen LogP contribution >= 0.6 is 15.9 Å². The third kappa shape index (κ3) is 2.64. The molecule has 0 bridgehead atoms. The lowest BCUT2D eigenvalue weighted by molar-refractivity contribution is 0.356. The fourth-order valence-corrected chi connectivity index (χ4v) is 1.91. The zero-order valence-electron chi connectivity index (χ0n) is 9.53. The highest BCUT2D eigenvalue weighted by atomic mass is 79.9. The SMILES string of the molecule is C#CCC(N)c1nc(-c2ccc(F)c(F)c2Br)no1. The Hall–Kier alpha value is -1.78. The lowest BCUT2D eigenvalue weighted by atomic mass is 10.2. The van der Waals surface area contributed by atoms with Gasteiger partial charge in [-0.2, -0.15) is 4.98 Å². The molecule has 1 aromatic heterocycles. The van der Waals surface area contributed by atoms with Crippen molar-refractivity contribution < 1.29 is 13.3 Å². The van der Waals surface area contributed by atoms with Crippen LogP contribution in [-0.4, -0.2) is 10.1 Å². The van der Waals surface area contributed by atoms with E-state index in [4.69, 9.17) is 16.7 Å². The van der Waals surface area contributed by atoms with Gasteiger partial charge in [0.05, 0.1) is 10.5 Å². The number of rotatable bonds is 3. The van der Waals surface area contributed by atoms with Gasteiger partial charge in [0.15, 0.2) is 11.6 Å². The summed E-state index contributed by atoms with van der Waals surface area (Å²) in [7, 11) is 0. The highest BCUT2D eigenvalue weighted by Crippen LogP contribution is 2.30. The van der Waals surface area contributed by atoms with E-state index in [-0.39, 0.29) is 28.2 Å². The maximum Gasteiger partial charge on any atom is 0.244 e. The van der Waals surface area contributed by atoms with E-state index in [1.54, 1.807) is 0 Å². The molecule has 0 fully saturated rings. The first-order valence-corrected chi connectivity index (χ1v) is 6.00. The maximum absolute atomic E-state index is 13.4. The van der Waals surface area contributed by atoms with E-state index in [0.29, 0.717) is 0 Å². The Kier molecular flexibility index (Phi) is 3.93. The van der Waals surface area contributed by atoms with Gasteiger partial charge in [0, 0.05) is 12.0 Å². The second kappa shape index (κ2) is 5.47. The van der Waals surface area contributed by atoms with Crippen molar-refractivity contribution in [3.63, 3.8) is 0 Å². The molecule has 1 unspecified atom stereocenters. The molecule has 4 nitrogen and oxygen atoms in total. The summed E-state index contributed by atoms with van der Waals surface area (Å²) in [6.07, 6.45) is 5.36. The van der Waals surface area contributed by atoms with Crippen molar-refractivity contribution in [2.45, 2.75) is 12.5 Å². The van der Waals surface area contributed by atoms with Gasteiger partial charge in [-0.25, -0.2) is 8.78 Å². The number of halogens is 3. The summed E-state index contributed by atoms with van der Waals surface area (Å²) < 4.78 is 31.3. The van der Waals surface area contributed by atoms with Gasteiger partial charge in [-0.15, -0.1) is 12.3 Å². The first kappa shape index (κ1) is 13.6. The van der Waals surface area contributed by atoms with Crippen molar-refractivity contribution in [2.75, 3.05) is 0 Å². The number of hydrogen-bond donors (Lipinski definition) is 1. The van der Waals surface area contributed by atoms with Crippen LogP contribution in [0.2, 0.25) is 0 Å². The van der Waals surface area contributed by atoms with E-state index in [0.717, 1.165) is 6.07 Å². The van der Waals surface area contributed by atoms with Crippen molar-refractivity contribution in [1.82, 2.24) is 10.1 Å². The van der Waals surface area contributed by atoms with E-state index in [1.807, 2.05) is 0 Å². The van der Waals surface area contributed by atoms with E-state index in [2.05, 4.69) is 32.0 Å². The lowest BCUT2D eigenvalue weighted by Gasteiger charge is -2.01. The normalized spacial score (nSPS) is 12.2. The molecule has 0 spiro atoms. The molecule has 98 valence electrons. The van der Waals surface area contributed by atoms with Gasteiger partial charge >= 0.3 is 0 Å². The molecule has 0 aliphatic rings. The van der Waals surface area contributed by atoms with Crippen molar-refractivity contribution >= 4 is 15.9 Å². The number of nitrogens with zero attached hydrogens (tertiary/aromatic N) is 2. The van der Waals surface area contributed by atoms with Gasteiger partial charge in [-0.1, -0.05) is 5.16 Å². The van der Waals surface area contributed by atoms with Gasteiger partial charge in [-0.05, 0) is 28.1 Å². The van der Waals surface area contributed by atoms with E-state index < -0.39 is 17.7 Å². The first-order chi connectivity index (χ1) is 9.04. The Bertz CT molecular complexity index is 651. The minimum Gasteiger partial charge on any atom is -0.337 e. The summed E-state index contributed by atoms with van der Waals surface area (Å²) >= 11 is 2.94. The summed E-state index contributed by atoms with van der Waals surface area (Å²) in [6.45, 7) is 0. The smallest absolute Gasteiger partial charge is 0.244 e. The molecule has 1 heterocycles. The molecule has 0 aliphatic heterocycles. The van der Waals surface area contributed by atoms with Crippen LogP contribution in [0.3, 0.4) is 0 Å². The van der Waals surface area contributed by atoms with Crippen molar-refractivity contribution in [3.05, 3.63) is 34.1 Å². The largest absolute Gasteiger partial charge is 0.337 e. The number of terminal acetylenes is 1. The fourth-order valence-electron chi connectivity index (χ4n) is 1.41. The Morgan fingerprint density at radius 1 is 1.47 bits per heavy atom. The summed E-state index contributed by atoms with van der Waals surface area (Å²) in [5, 5.41) is 3.67. The molecule has 2 rings (SSSR count). The number of hydrogen-bond acceptors (Lipinski definition) is 4. The minimum absolute atomic E-state index is 0.0784. The Labute approximate surface area is 116 Å². The Morgan fingerprint density at radius 3 is 2.89 bits per heavy atom. The number of benzene rings is 1. The molecule has 0 saturated heterocycles. The van der Waals surface area contributed by atoms with Crippen molar-refractivity contribution in [2.24, 2.45) is 5.73 Å². The third-order valence-electron chi connectivity index (χ3n) is 2.37. The topological polar surface area (TPSA) is 64.9 Å². The van der Waals surface area contributed by atoms with E-state index in [9.17, 15) is 8.78 Å². The van der Waals surface area contributed by atoms with Crippen LogP contribution in [0.5, 0.6) is 0 Å². The predicted octanol–water partition coefficient (Wildman–Crippen LogP) is 2.80. The minimum atomic E-state index is -1.02. The van der Waals surface area contributed by atoms with Gasteiger partial charge < -0.3 is 10.3 Å². The predicted molar refractivity (Wildman–Crippen MR) is 67.7 cm³/mol. The molecular weight excluding hydrogens is 320 g/mol. The van der Waals surface area contributed by atoms with E-state index >= 15 is 0 Å². The van der Waals surface area contributed by atoms with Gasteiger partial charge in [0.25, 0.3) is 0 Å². The average molecular weight is 328 g/mol. The Morgan fingerprint density at radius 2 is 2.21 bits per heavy atom. The molecule has 0 aliphatic carbocycles. The molecular formula is C12H8BrF2N3O. The third-order valence-corrected chi connectivity index (χ3v) is 3.15. The molecule has 1 atom stereocenters. The summed E-state index contributed by atoms with van der Waals surface area (Å²) in [5.41, 5.74) is 5.97. The monoisotopic (exact) mass is 327 g/mol. The molecule has 1 aromatic carbocycles. The summed E-state index contributed by atoms with van der Waals surface area (Å²) in [6, 6.07) is 1.73. The molecule has 7 heteroatoms. The quantitative estimate of drug-likeness (QED) is 0.695. The van der Waals surface area contributed by atoms with Crippen LogP contribution in [0.4, 0.5) is 8.78 Å². The van der Waals surface area contributed by atoms with Crippen molar-refractivity contribution in [1.29, 1.82) is 0 Å². The van der Waals surface area contributed by atoms with E-state index in [1.165, 1.54) is 6.07 Å². The molecule has 2 N–H and O–H groups in total. The standard InChI is InChI=1S/C12H8BrF2N3O/c1-2-3-8(16)12-17-11(18-19-12)6-4-5-7(14)10(15)9(6)13/h1,4-5,8H,3,16H2. The van der Waals surface area contributed by atoms with Crippen LogP contribution in [0, 0.1) is 24.0 Å². The van der Waals surface area contributed by atoms with Crippen molar-refractivity contribution in [3.8, 4) is 23.7 Å². The van der Waals surface area contributed by atoms with Gasteiger partial charge in [0.1, 0.15) is 0 Å². The highest BCUT2D eigenvalue weighted by molar-refractivity contribution is 9.10. The second-order valence-corrected chi connectivity index (χ2v) is 4.49. The summed E-state index contributed by atoms with van der Waals surface area (Å²) in [5.74, 6) is 0.633. The van der Waals surface area contributed by atoms with Gasteiger partial charge in [-0.3, -0.25) is 0 Å². The molecule has 19 heavy (non-hydrogen) atoms. The molecule has 0 amide bonds. The van der Waals surface area contributed by atoms with Gasteiger partial charge in [0.2, 0.25) is 11.7 Å². The van der Waals surface area contributed by atoms with Crippen LogP contribution < -0.4 is 5.73 Å². The Balaban J connectivity index is 2.39. The zero-order valence-corrected chi connectivity index (χ0v) is 11.1. The summed E-state index contributed by atoms with van der Waals surface area (Å²) in [4.78, 5) is 4.01. The van der Waals surface area contributed by atoms with Crippen LogP contribution in [0.25, 0.3) is 11.4 Å². The van der Waals surface area contributed by atoms with Crippen LogP contribution in [0.15, 0.2) is 21.1 Å². The number of aromatic nitrogens is 2. The van der Waals surface area contributed by atoms with Crippen LogP contribution in [-0.2, 0) is 0 Å². The average Bonchev–Trinajstić information content (AvgIpc) is 2.86. The fraction of sp³-hybridized carbons (Fsp3) is 0.167. The van der Waals surface area contributed by atoms with Crippen LogP contribution in [0.1, 0.15) is 18.4 Å². The highest BCUT2D eigenvalue weighted by Gasteiger charge is 2.19. The first-order valence-electron chi connectivity index (χ1n) is 5.21.